The normalized spacial score (nSPS) is 14.5. The van der Waals surface area contributed by atoms with Gasteiger partial charge in [-0.1, -0.05) is 13.0 Å². The van der Waals surface area contributed by atoms with Gasteiger partial charge in [-0.2, -0.15) is 0 Å². The third-order valence-corrected chi connectivity index (χ3v) is 1.64. The smallest absolute Gasteiger partial charge is 0.316 e. The maximum absolute atomic E-state index is 11.1. The molecule has 0 saturated carbocycles. The number of ether oxygens (including phenoxy) is 1. The van der Waals surface area contributed by atoms with Crippen LogP contribution in [0.4, 0.5) is 0 Å². The van der Waals surface area contributed by atoms with Crippen molar-refractivity contribution in [1.29, 1.82) is 0 Å². The second-order valence-electron chi connectivity index (χ2n) is 2.51. The standard InChI is InChI=1S/C9H14O3/c1-4-7(3)8(6-10)9(11)12-5-2/h4,6-8H,1,5H2,2-3H3. The average Bonchev–Trinajstić information content (AvgIpc) is 2.06. The van der Waals surface area contributed by atoms with Crippen LogP contribution >= 0.6 is 0 Å². The summed E-state index contributed by atoms with van der Waals surface area (Å²) in [6.45, 7) is 7.26. The maximum Gasteiger partial charge on any atom is 0.316 e. The van der Waals surface area contributed by atoms with Gasteiger partial charge in [0.2, 0.25) is 0 Å². The molecule has 0 bridgehead atoms. The number of hydrogen-bond donors (Lipinski definition) is 0. The summed E-state index contributed by atoms with van der Waals surface area (Å²) in [6.07, 6.45) is 2.17. The van der Waals surface area contributed by atoms with Crippen molar-refractivity contribution >= 4 is 12.3 Å². The second-order valence-corrected chi connectivity index (χ2v) is 2.51. The van der Waals surface area contributed by atoms with Crippen LogP contribution in [0.1, 0.15) is 13.8 Å². The monoisotopic (exact) mass is 170 g/mol. The van der Waals surface area contributed by atoms with Crippen molar-refractivity contribution in [3.05, 3.63) is 12.7 Å². The molecule has 12 heavy (non-hydrogen) atoms. The second kappa shape index (κ2) is 5.52. The zero-order valence-corrected chi connectivity index (χ0v) is 7.45. The molecule has 2 atom stereocenters. The first-order valence-electron chi connectivity index (χ1n) is 3.91. The predicted molar refractivity (Wildman–Crippen MR) is 45.5 cm³/mol. The van der Waals surface area contributed by atoms with Crippen molar-refractivity contribution in [2.24, 2.45) is 11.8 Å². The van der Waals surface area contributed by atoms with Crippen LogP contribution in [0.5, 0.6) is 0 Å². The summed E-state index contributed by atoms with van der Waals surface area (Å²) in [5, 5.41) is 0. The van der Waals surface area contributed by atoms with E-state index in [9.17, 15) is 9.59 Å². The molecular weight excluding hydrogens is 156 g/mol. The van der Waals surface area contributed by atoms with Gasteiger partial charge in [-0.15, -0.1) is 6.58 Å². The quantitative estimate of drug-likeness (QED) is 0.269. The van der Waals surface area contributed by atoms with Gasteiger partial charge >= 0.3 is 5.97 Å². The van der Waals surface area contributed by atoms with Gasteiger partial charge in [0.25, 0.3) is 0 Å². The first kappa shape index (κ1) is 10.9. The Morgan fingerprint density at radius 3 is 2.58 bits per heavy atom. The Morgan fingerprint density at radius 1 is 1.67 bits per heavy atom. The molecule has 0 aliphatic carbocycles. The van der Waals surface area contributed by atoms with E-state index >= 15 is 0 Å². The number of rotatable bonds is 5. The van der Waals surface area contributed by atoms with Gasteiger partial charge in [-0.25, -0.2) is 0 Å². The minimum atomic E-state index is -0.706. The van der Waals surface area contributed by atoms with Crippen LogP contribution in [0.25, 0.3) is 0 Å². The van der Waals surface area contributed by atoms with Gasteiger partial charge in [-0.05, 0) is 12.8 Å². The minimum absolute atomic E-state index is 0.165. The number of carbonyl (C=O) groups excluding carboxylic acids is 2. The highest BCUT2D eigenvalue weighted by atomic mass is 16.5. The Balaban J connectivity index is 4.22. The van der Waals surface area contributed by atoms with E-state index in [2.05, 4.69) is 6.58 Å². The topological polar surface area (TPSA) is 43.4 Å². The third kappa shape index (κ3) is 2.86. The third-order valence-electron chi connectivity index (χ3n) is 1.64. The van der Waals surface area contributed by atoms with E-state index in [1.54, 1.807) is 19.9 Å². The highest BCUT2D eigenvalue weighted by Crippen LogP contribution is 2.11. The van der Waals surface area contributed by atoms with Crippen LogP contribution in [-0.4, -0.2) is 18.9 Å². The summed E-state index contributed by atoms with van der Waals surface area (Å²) in [4.78, 5) is 21.5. The molecule has 0 amide bonds. The van der Waals surface area contributed by atoms with Crippen LogP contribution in [0, 0.1) is 11.8 Å². The maximum atomic E-state index is 11.1. The van der Waals surface area contributed by atoms with Crippen LogP contribution in [0.15, 0.2) is 12.7 Å². The molecular formula is C9H14O3. The lowest BCUT2D eigenvalue weighted by molar-refractivity contribution is -0.150. The Kier molecular flexibility index (Phi) is 5.00. The molecule has 0 aromatic carbocycles. The molecule has 0 saturated heterocycles. The van der Waals surface area contributed by atoms with Crippen molar-refractivity contribution in [2.45, 2.75) is 13.8 Å². The van der Waals surface area contributed by atoms with Gasteiger partial charge in [-0.3, -0.25) is 4.79 Å². The van der Waals surface area contributed by atoms with Gasteiger partial charge < -0.3 is 9.53 Å². The molecule has 0 spiro atoms. The number of carbonyl (C=O) groups is 2. The van der Waals surface area contributed by atoms with Gasteiger partial charge in [0, 0.05) is 0 Å². The molecule has 0 fully saturated rings. The summed E-state index contributed by atoms with van der Waals surface area (Å²) < 4.78 is 4.70. The molecule has 68 valence electrons. The molecule has 3 heteroatoms. The lowest BCUT2D eigenvalue weighted by Gasteiger charge is -2.12. The van der Waals surface area contributed by atoms with E-state index in [1.807, 2.05) is 0 Å². The number of aldehydes is 1. The molecule has 0 aliphatic rings. The van der Waals surface area contributed by atoms with Gasteiger partial charge in [0.05, 0.1) is 6.61 Å². The zero-order valence-electron chi connectivity index (χ0n) is 7.45. The molecule has 2 unspecified atom stereocenters. The lowest BCUT2D eigenvalue weighted by atomic mass is 9.96. The van der Waals surface area contributed by atoms with Crippen LogP contribution < -0.4 is 0 Å². The summed E-state index contributed by atoms with van der Waals surface area (Å²) in [5.41, 5.74) is 0. The minimum Gasteiger partial charge on any atom is -0.465 e. The molecule has 0 rings (SSSR count). The van der Waals surface area contributed by atoms with E-state index in [-0.39, 0.29) is 5.92 Å². The zero-order chi connectivity index (χ0) is 9.56. The highest BCUT2D eigenvalue weighted by Gasteiger charge is 2.23. The molecule has 3 nitrogen and oxygen atoms in total. The number of allylic oxidation sites excluding steroid dienone is 1. The molecule has 0 aliphatic heterocycles. The molecule has 0 aromatic rings. The Labute approximate surface area is 72.4 Å². The Hall–Kier alpha value is -1.12. The predicted octanol–water partition coefficient (Wildman–Crippen LogP) is 1.19. The van der Waals surface area contributed by atoms with Gasteiger partial charge in [0.1, 0.15) is 12.2 Å². The molecule has 0 heterocycles. The van der Waals surface area contributed by atoms with E-state index < -0.39 is 11.9 Å². The Bertz CT molecular complexity index is 175. The molecule has 0 N–H and O–H groups in total. The van der Waals surface area contributed by atoms with Crippen LogP contribution in [-0.2, 0) is 14.3 Å². The fourth-order valence-electron chi connectivity index (χ4n) is 0.779. The van der Waals surface area contributed by atoms with Crippen molar-refractivity contribution in [3.63, 3.8) is 0 Å². The van der Waals surface area contributed by atoms with Crippen molar-refractivity contribution in [1.82, 2.24) is 0 Å². The van der Waals surface area contributed by atoms with Crippen molar-refractivity contribution < 1.29 is 14.3 Å². The van der Waals surface area contributed by atoms with Crippen LogP contribution in [0.3, 0.4) is 0 Å². The SMILES string of the molecule is C=CC(C)C(C=O)C(=O)OCC. The van der Waals surface area contributed by atoms with Crippen LogP contribution in [0.2, 0.25) is 0 Å². The largest absolute Gasteiger partial charge is 0.465 e. The number of hydrogen-bond acceptors (Lipinski definition) is 3. The molecule has 0 aromatic heterocycles. The van der Waals surface area contributed by atoms with E-state index in [4.69, 9.17) is 4.74 Å². The summed E-state index contributed by atoms with van der Waals surface area (Å²) >= 11 is 0. The number of esters is 1. The van der Waals surface area contributed by atoms with Crippen molar-refractivity contribution in [2.75, 3.05) is 6.61 Å². The summed E-state index contributed by atoms with van der Waals surface area (Å²) in [6, 6.07) is 0. The van der Waals surface area contributed by atoms with Crippen molar-refractivity contribution in [3.8, 4) is 0 Å². The van der Waals surface area contributed by atoms with E-state index in [0.717, 1.165) is 0 Å². The summed E-state index contributed by atoms with van der Waals surface area (Å²) in [5.74, 6) is -1.34. The van der Waals surface area contributed by atoms with E-state index in [1.165, 1.54) is 0 Å². The molecule has 0 radical (unpaired) electrons. The first-order valence-corrected chi connectivity index (χ1v) is 3.91. The van der Waals surface area contributed by atoms with Gasteiger partial charge in [0.15, 0.2) is 0 Å². The lowest BCUT2D eigenvalue weighted by Crippen LogP contribution is -2.24. The highest BCUT2D eigenvalue weighted by molar-refractivity contribution is 5.88. The fraction of sp³-hybridized carbons (Fsp3) is 0.556. The average molecular weight is 170 g/mol. The summed E-state index contributed by atoms with van der Waals surface area (Å²) in [7, 11) is 0. The fourth-order valence-corrected chi connectivity index (χ4v) is 0.779. The van der Waals surface area contributed by atoms with E-state index in [0.29, 0.717) is 12.9 Å². The Morgan fingerprint density at radius 2 is 2.25 bits per heavy atom. The first-order chi connectivity index (χ1) is 5.67.